The van der Waals surface area contributed by atoms with E-state index in [1.165, 1.54) is 0 Å². The van der Waals surface area contributed by atoms with Crippen molar-refractivity contribution in [2.45, 2.75) is 19.3 Å². The van der Waals surface area contributed by atoms with E-state index in [1.54, 1.807) is 4.90 Å². The lowest BCUT2D eigenvalue weighted by Gasteiger charge is -2.35. The molecule has 1 unspecified atom stereocenters. The van der Waals surface area contributed by atoms with Gasteiger partial charge in [0, 0.05) is 13.0 Å². The van der Waals surface area contributed by atoms with Crippen molar-refractivity contribution in [3.63, 3.8) is 0 Å². The van der Waals surface area contributed by atoms with Crippen LogP contribution in [0.1, 0.15) is 18.7 Å². The smallest absolute Gasteiger partial charge is 0.244 e. The fraction of sp³-hybridized carbons (Fsp3) is 0.348. The van der Waals surface area contributed by atoms with E-state index in [-0.39, 0.29) is 18.4 Å². The number of carbonyl (C=O) groups is 2. The van der Waals surface area contributed by atoms with Crippen molar-refractivity contribution in [2.24, 2.45) is 5.92 Å². The maximum absolute atomic E-state index is 13.0. The highest BCUT2D eigenvalue weighted by Gasteiger charge is 2.29. The molecule has 0 saturated carbocycles. The van der Waals surface area contributed by atoms with Crippen LogP contribution in [0.2, 0.25) is 0 Å². The summed E-state index contributed by atoms with van der Waals surface area (Å²) in [5, 5.41) is 2.84. The van der Waals surface area contributed by atoms with Crippen molar-refractivity contribution in [3.8, 4) is 0 Å². The molecule has 0 aliphatic carbocycles. The first-order valence-corrected chi connectivity index (χ1v) is 10.5. The molecule has 30 heavy (non-hydrogen) atoms. The van der Waals surface area contributed by atoms with Crippen LogP contribution >= 0.6 is 0 Å². The van der Waals surface area contributed by atoms with Crippen LogP contribution in [0.4, 0.5) is 11.4 Å². The van der Waals surface area contributed by atoms with E-state index in [0.29, 0.717) is 18.2 Å². The van der Waals surface area contributed by atoms with E-state index < -0.39 is 0 Å². The van der Waals surface area contributed by atoms with E-state index >= 15 is 0 Å². The maximum atomic E-state index is 13.0. The van der Waals surface area contributed by atoms with Crippen LogP contribution in [-0.2, 0) is 16.0 Å². The van der Waals surface area contributed by atoms with Gasteiger partial charge in [0.05, 0.1) is 29.0 Å². The average Bonchev–Trinajstić information content (AvgIpc) is 3.15. The topological polar surface area (TPSA) is 81.3 Å². The molecule has 2 N–H and O–H groups in total. The summed E-state index contributed by atoms with van der Waals surface area (Å²) in [6.45, 7) is 2.18. The molecule has 2 aliphatic heterocycles. The Labute approximate surface area is 175 Å². The van der Waals surface area contributed by atoms with Crippen LogP contribution in [-0.4, -0.2) is 52.9 Å². The van der Waals surface area contributed by atoms with Gasteiger partial charge in [-0.05, 0) is 49.6 Å². The number of H-pyrrole nitrogens is 1. The highest BCUT2D eigenvalue weighted by atomic mass is 16.2. The minimum absolute atomic E-state index is 0.0262. The first-order valence-electron chi connectivity index (χ1n) is 10.5. The van der Waals surface area contributed by atoms with Crippen LogP contribution in [0, 0.1) is 5.92 Å². The van der Waals surface area contributed by atoms with Gasteiger partial charge in [-0.15, -0.1) is 0 Å². The van der Waals surface area contributed by atoms with Gasteiger partial charge in [-0.3, -0.25) is 19.4 Å². The lowest BCUT2D eigenvalue weighted by molar-refractivity contribution is -0.123. The molecule has 1 fully saturated rings. The number of amides is 2. The average molecular weight is 403 g/mol. The molecule has 1 aromatic heterocycles. The zero-order valence-electron chi connectivity index (χ0n) is 16.8. The molecule has 1 saturated heterocycles. The second-order valence-electron chi connectivity index (χ2n) is 8.19. The number of aromatic amines is 1. The standard InChI is InChI=1S/C23H25N5O2/c29-22-14-28(20-10-4-3-9-19(20)26-22)23(30)15-27-11-5-6-16(13-27)12-21-24-17-7-1-2-8-18(17)25-21/h1-4,7-10,16H,5-6,11-15H2,(H,24,25)(H,26,29). The molecule has 0 bridgehead atoms. The predicted molar refractivity (Wildman–Crippen MR) is 116 cm³/mol. The van der Waals surface area contributed by atoms with Gasteiger partial charge in [-0.1, -0.05) is 24.3 Å². The predicted octanol–water partition coefficient (Wildman–Crippen LogP) is 2.80. The third kappa shape index (κ3) is 3.80. The lowest BCUT2D eigenvalue weighted by atomic mass is 9.94. The molecular weight excluding hydrogens is 378 g/mol. The Kier molecular flexibility index (Phi) is 4.96. The molecular formula is C23H25N5O2. The number of imidazole rings is 1. The van der Waals surface area contributed by atoms with Crippen molar-refractivity contribution < 1.29 is 9.59 Å². The Balaban J connectivity index is 1.24. The number of hydrogen-bond donors (Lipinski definition) is 2. The van der Waals surface area contributed by atoms with Crippen molar-refractivity contribution in [1.82, 2.24) is 14.9 Å². The first kappa shape index (κ1) is 18.8. The molecule has 5 rings (SSSR count). The summed E-state index contributed by atoms with van der Waals surface area (Å²) in [6.07, 6.45) is 3.08. The number of para-hydroxylation sites is 4. The van der Waals surface area contributed by atoms with Gasteiger partial charge in [0.2, 0.25) is 11.8 Å². The molecule has 0 radical (unpaired) electrons. The minimum atomic E-state index is -0.150. The third-order valence-corrected chi connectivity index (χ3v) is 5.95. The van der Waals surface area contributed by atoms with E-state index in [2.05, 4.69) is 15.2 Å². The fourth-order valence-electron chi connectivity index (χ4n) is 4.57. The first-order chi connectivity index (χ1) is 14.7. The molecule has 2 aromatic carbocycles. The molecule has 154 valence electrons. The number of carbonyl (C=O) groups excluding carboxylic acids is 2. The molecule has 0 spiro atoms. The number of piperidine rings is 1. The molecule has 3 heterocycles. The van der Waals surface area contributed by atoms with Gasteiger partial charge in [-0.25, -0.2) is 4.98 Å². The number of likely N-dealkylation sites (tertiary alicyclic amines) is 1. The van der Waals surface area contributed by atoms with Gasteiger partial charge in [0.25, 0.3) is 0 Å². The van der Waals surface area contributed by atoms with Crippen LogP contribution in [0.3, 0.4) is 0 Å². The third-order valence-electron chi connectivity index (χ3n) is 5.95. The second-order valence-corrected chi connectivity index (χ2v) is 8.19. The molecule has 7 heteroatoms. The van der Waals surface area contributed by atoms with Gasteiger partial charge in [0.1, 0.15) is 12.4 Å². The number of nitrogens with one attached hydrogen (secondary N) is 2. The Morgan fingerprint density at radius 3 is 2.87 bits per heavy atom. The molecule has 7 nitrogen and oxygen atoms in total. The monoisotopic (exact) mass is 403 g/mol. The Bertz CT molecular complexity index is 1060. The zero-order chi connectivity index (χ0) is 20.5. The van der Waals surface area contributed by atoms with Crippen molar-refractivity contribution >= 4 is 34.2 Å². The maximum Gasteiger partial charge on any atom is 0.244 e. The summed E-state index contributed by atoms with van der Waals surface area (Å²) < 4.78 is 0. The summed E-state index contributed by atoms with van der Waals surface area (Å²) in [5.74, 6) is 1.30. The number of anilines is 2. The number of nitrogens with zero attached hydrogens (tertiary/aromatic N) is 3. The van der Waals surface area contributed by atoms with Crippen LogP contribution < -0.4 is 10.2 Å². The fourth-order valence-corrected chi connectivity index (χ4v) is 4.57. The van der Waals surface area contributed by atoms with E-state index in [4.69, 9.17) is 4.98 Å². The minimum Gasteiger partial charge on any atom is -0.342 e. The van der Waals surface area contributed by atoms with Gasteiger partial charge >= 0.3 is 0 Å². The Hall–Kier alpha value is -3.19. The van der Waals surface area contributed by atoms with Gasteiger partial charge < -0.3 is 10.3 Å². The van der Waals surface area contributed by atoms with Crippen LogP contribution in [0.5, 0.6) is 0 Å². The molecule has 3 aromatic rings. The van der Waals surface area contributed by atoms with E-state index in [1.807, 2.05) is 48.5 Å². The Morgan fingerprint density at radius 2 is 1.97 bits per heavy atom. The van der Waals surface area contributed by atoms with Crippen molar-refractivity contribution in [3.05, 3.63) is 54.4 Å². The van der Waals surface area contributed by atoms with Gasteiger partial charge in [-0.2, -0.15) is 0 Å². The van der Waals surface area contributed by atoms with E-state index in [0.717, 1.165) is 54.9 Å². The number of hydrogen-bond acceptors (Lipinski definition) is 4. The van der Waals surface area contributed by atoms with Crippen molar-refractivity contribution in [2.75, 3.05) is 36.4 Å². The van der Waals surface area contributed by atoms with Crippen LogP contribution in [0.15, 0.2) is 48.5 Å². The number of rotatable bonds is 4. The number of aromatic nitrogens is 2. The van der Waals surface area contributed by atoms with Crippen molar-refractivity contribution in [1.29, 1.82) is 0 Å². The summed E-state index contributed by atoms with van der Waals surface area (Å²) >= 11 is 0. The normalized spacial score (nSPS) is 19.5. The summed E-state index contributed by atoms with van der Waals surface area (Å²) in [7, 11) is 0. The quantitative estimate of drug-likeness (QED) is 0.702. The molecule has 2 amide bonds. The summed E-state index contributed by atoms with van der Waals surface area (Å²) in [6, 6.07) is 15.5. The number of benzene rings is 2. The largest absolute Gasteiger partial charge is 0.342 e. The SMILES string of the molecule is O=C1CN(C(=O)CN2CCCC(Cc3nc4ccccc4[nH]3)C2)c2ccccc2N1. The summed E-state index contributed by atoms with van der Waals surface area (Å²) in [4.78, 5) is 37.0. The highest BCUT2D eigenvalue weighted by Crippen LogP contribution is 2.29. The molecule has 1 atom stereocenters. The van der Waals surface area contributed by atoms with Crippen LogP contribution in [0.25, 0.3) is 11.0 Å². The lowest BCUT2D eigenvalue weighted by Crippen LogP contribution is -2.48. The molecule has 2 aliphatic rings. The second kappa shape index (κ2) is 7.91. The highest BCUT2D eigenvalue weighted by molar-refractivity contribution is 6.10. The summed E-state index contributed by atoms with van der Waals surface area (Å²) in [5.41, 5.74) is 3.54. The van der Waals surface area contributed by atoms with Gasteiger partial charge in [0.15, 0.2) is 0 Å². The number of fused-ring (bicyclic) bond motifs is 2. The Morgan fingerprint density at radius 1 is 1.13 bits per heavy atom. The van der Waals surface area contributed by atoms with E-state index in [9.17, 15) is 9.59 Å². The zero-order valence-corrected chi connectivity index (χ0v) is 16.8.